The Hall–Kier alpha value is -0.310. The predicted octanol–water partition coefficient (Wildman–Crippen LogP) is 3.43. The molecule has 13 heavy (non-hydrogen) atoms. The van der Waals surface area contributed by atoms with E-state index in [1.807, 2.05) is 6.20 Å². The van der Waals surface area contributed by atoms with Gasteiger partial charge in [-0.25, -0.2) is 0 Å². The first-order valence-electron chi connectivity index (χ1n) is 4.74. The van der Waals surface area contributed by atoms with Gasteiger partial charge in [0.2, 0.25) is 0 Å². The third-order valence-electron chi connectivity index (χ3n) is 1.94. The first-order chi connectivity index (χ1) is 6.02. The van der Waals surface area contributed by atoms with Crippen molar-refractivity contribution in [3.63, 3.8) is 0 Å². The van der Waals surface area contributed by atoms with Gasteiger partial charge in [0.25, 0.3) is 0 Å². The number of hydrogen-bond acceptors (Lipinski definition) is 1. The maximum absolute atomic E-state index is 4.34. The zero-order valence-electron chi connectivity index (χ0n) is 8.71. The molecule has 0 aliphatic heterocycles. The lowest BCUT2D eigenvalue weighted by Gasteiger charge is -2.12. The highest BCUT2D eigenvalue weighted by Gasteiger charge is 2.11. The van der Waals surface area contributed by atoms with Crippen molar-refractivity contribution in [2.45, 2.75) is 40.2 Å². The standard InChI is InChI=1S/C10H17BrN2/c1-7(2)5-10-9(11)6-12-13(10)8(3)4/h6-8H,5H2,1-4H3. The molecule has 1 rings (SSSR count). The summed E-state index contributed by atoms with van der Waals surface area (Å²) < 4.78 is 3.22. The van der Waals surface area contributed by atoms with Gasteiger partial charge < -0.3 is 0 Å². The van der Waals surface area contributed by atoms with Crippen LogP contribution in [0.25, 0.3) is 0 Å². The molecule has 0 amide bonds. The van der Waals surface area contributed by atoms with Crippen molar-refractivity contribution >= 4 is 15.9 Å². The van der Waals surface area contributed by atoms with Crippen LogP contribution in [0.2, 0.25) is 0 Å². The number of aromatic nitrogens is 2. The maximum Gasteiger partial charge on any atom is 0.0635 e. The highest BCUT2D eigenvalue weighted by Crippen LogP contribution is 2.22. The van der Waals surface area contributed by atoms with E-state index in [9.17, 15) is 0 Å². The molecule has 0 saturated carbocycles. The predicted molar refractivity (Wildman–Crippen MR) is 58.9 cm³/mol. The maximum atomic E-state index is 4.34. The Labute approximate surface area is 88.5 Å². The summed E-state index contributed by atoms with van der Waals surface area (Å²) in [7, 11) is 0. The summed E-state index contributed by atoms with van der Waals surface area (Å²) in [6, 6.07) is 0.444. The van der Waals surface area contributed by atoms with Gasteiger partial charge in [-0.2, -0.15) is 5.10 Å². The number of nitrogens with zero attached hydrogens (tertiary/aromatic N) is 2. The zero-order valence-corrected chi connectivity index (χ0v) is 10.3. The van der Waals surface area contributed by atoms with Crippen LogP contribution in [-0.2, 0) is 6.42 Å². The quantitative estimate of drug-likeness (QED) is 0.797. The minimum Gasteiger partial charge on any atom is -0.266 e. The molecule has 0 radical (unpaired) electrons. The van der Waals surface area contributed by atoms with Crippen LogP contribution in [0, 0.1) is 5.92 Å². The van der Waals surface area contributed by atoms with E-state index in [0.717, 1.165) is 10.9 Å². The third kappa shape index (κ3) is 2.56. The number of hydrogen-bond donors (Lipinski definition) is 0. The van der Waals surface area contributed by atoms with E-state index in [0.29, 0.717) is 12.0 Å². The Kier molecular flexibility index (Phi) is 3.54. The van der Waals surface area contributed by atoms with E-state index < -0.39 is 0 Å². The van der Waals surface area contributed by atoms with Crippen LogP contribution in [0.5, 0.6) is 0 Å². The Morgan fingerprint density at radius 2 is 2.00 bits per heavy atom. The lowest BCUT2D eigenvalue weighted by molar-refractivity contribution is 0.488. The van der Waals surface area contributed by atoms with Gasteiger partial charge in [0.05, 0.1) is 16.4 Å². The SMILES string of the molecule is CC(C)Cc1c(Br)cnn1C(C)C. The van der Waals surface area contributed by atoms with Gasteiger partial charge in [0.15, 0.2) is 0 Å². The molecule has 0 aliphatic rings. The van der Waals surface area contributed by atoms with Crippen molar-refractivity contribution in [2.75, 3.05) is 0 Å². The molecule has 0 atom stereocenters. The fourth-order valence-corrected chi connectivity index (χ4v) is 1.82. The second-order valence-electron chi connectivity index (χ2n) is 4.08. The first kappa shape index (κ1) is 10.8. The summed E-state index contributed by atoms with van der Waals surface area (Å²) in [6.07, 6.45) is 2.97. The van der Waals surface area contributed by atoms with Crippen LogP contribution in [0.15, 0.2) is 10.7 Å². The highest BCUT2D eigenvalue weighted by atomic mass is 79.9. The molecule has 0 spiro atoms. The lowest BCUT2D eigenvalue weighted by atomic mass is 10.1. The monoisotopic (exact) mass is 244 g/mol. The van der Waals surface area contributed by atoms with Crippen molar-refractivity contribution in [2.24, 2.45) is 5.92 Å². The summed E-state index contributed by atoms with van der Waals surface area (Å²) in [5.74, 6) is 0.672. The van der Waals surface area contributed by atoms with Gasteiger partial charge in [-0.05, 0) is 42.1 Å². The normalized spacial score (nSPS) is 11.6. The fourth-order valence-electron chi connectivity index (χ4n) is 1.39. The smallest absolute Gasteiger partial charge is 0.0635 e. The van der Waals surface area contributed by atoms with E-state index in [4.69, 9.17) is 0 Å². The topological polar surface area (TPSA) is 17.8 Å². The molecular formula is C10H17BrN2. The van der Waals surface area contributed by atoms with E-state index in [1.165, 1.54) is 5.69 Å². The Bertz CT molecular complexity index is 276. The molecule has 0 fully saturated rings. The molecular weight excluding hydrogens is 228 g/mol. The average Bonchev–Trinajstić information content (AvgIpc) is 2.32. The largest absolute Gasteiger partial charge is 0.266 e. The van der Waals surface area contributed by atoms with Gasteiger partial charge in [-0.3, -0.25) is 4.68 Å². The molecule has 0 aliphatic carbocycles. The Morgan fingerprint density at radius 1 is 1.38 bits per heavy atom. The number of rotatable bonds is 3. The van der Waals surface area contributed by atoms with Gasteiger partial charge in [-0.1, -0.05) is 13.8 Å². The van der Waals surface area contributed by atoms with Crippen LogP contribution in [0.4, 0.5) is 0 Å². The van der Waals surface area contributed by atoms with Crippen molar-refractivity contribution in [1.82, 2.24) is 9.78 Å². The minimum atomic E-state index is 0.444. The van der Waals surface area contributed by atoms with E-state index in [1.54, 1.807) is 0 Å². The third-order valence-corrected chi connectivity index (χ3v) is 2.60. The zero-order chi connectivity index (χ0) is 10.0. The van der Waals surface area contributed by atoms with Crippen molar-refractivity contribution in [1.29, 1.82) is 0 Å². The fraction of sp³-hybridized carbons (Fsp3) is 0.700. The molecule has 0 unspecified atom stereocenters. The second kappa shape index (κ2) is 4.27. The molecule has 3 heteroatoms. The summed E-state index contributed by atoms with van der Waals surface area (Å²) in [5, 5.41) is 4.34. The van der Waals surface area contributed by atoms with Crippen LogP contribution in [-0.4, -0.2) is 9.78 Å². The van der Waals surface area contributed by atoms with Crippen LogP contribution < -0.4 is 0 Å². The van der Waals surface area contributed by atoms with Crippen molar-refractivity contribution in [3.05, 3.63) is 16.4 Å². The first-order valence-corrected chi connectivity index (χ1v) is 5.53. The van der Waals surface area contributed by atoms with Crippen LogP contribution in [0.3, 0.4) is 0 Å². The van der Waals surface area contributed by atoms with Gasteiger partial charge in [-0.15, -0.1) is 0 Å². The Morgan fingerprint density at radius 3 is 2.46 bits per heavy atom. The molecule has 0 saturated heterocycles. The van der Waals surface area contributed by atoms with Crippen LogP contribution in [0.1, 0.15) is 39.4 Å². The second-order valence-corrected chi connectivity index (χ2v) is 4.93. The average molecular weight is 245 g/mol. The number of halogens is 1. The molecule has 74 valence electrons. The van der Waals surface area contributed by atoms with Gasteiger partial charge in [0.1, 0.15) is 0 Å². The molecule has 1 aromatic heterocycles. The summed E-state index contributed by atoms with van der Waals surface area (Å²) in [6.45, 7) is 8.76. The van der Waals surface area contributed by atoms with Gasteiger partial charge >= 0.3 is 0 Å². The van der Waals surface area contributed by atoms with Gasteiger partial charge in [0, 0.05) is 6.04 Å². The Balaban J connectivity index is 2.94. The molecule has 1 heterocycles. The minimum absolute atomic E-state index is 0.444. The summed E-state index contributed by atoms with van der Waals surface area (Å²) >= 11 is 3.53. The lowest BCUT2D eigenvalue weighted by Crippen LogP contribution is -2.09. The van der Waals surface area contributed by atoms with Crippen molar-refractivity contribution in [3.8, 4) is 0 Å². The molecule has 2 nitrogen and oxygen atoms in total. The van der Waals surface area contributed by atoms with Crippen LogP contribution >= 0.6 is 15.9 Å². The van der Waals surface area contributed by atoms with Crippen molar-refractivity contribution < 1.29 is 0 Å². The molecule has 0 aromatic carbocycles. The van der Waals surface area contributed by atoms with E-state index in [-0.39, 0.29) is 0 Å². The molecule has 0 bridgehead atoms. The summed E-state index contributed by atoms with van der Waals surface area (Å²) in [4.78, 5) is 0. The highest BCUT2D eigenvalue weighted by molar-refractivity contribution is 9.10. The molecule has 1 aromatic rings. The summed E-state index contributed by atoms with van der Waals surface area (Å²) in [5.41, 5.74) is 1.31. The molecule has 0 N–H and O–H groups in total. The van der Waals surface area contributed by atoms with E-state index in [2.05, 4.69) is 53.4 Å². The van der Waals surface area contributed by atoms with E-state index >= 15 is 0 Å².